The van der Waals surface area contributed by atoms with Gasteiger partial charge in [-0.05, 0) is 31.0 Å². The molecule has 17 heavy (non-hydrogen) atoms. The second kappa shape index (κ2) is 8.20. The summed E-state index contributed by atoms with van der Waals surface area (Å²) in [5.74, 6) is 0. The van der Waals surface area contributed by atoms with Crippen LogP contribution in [0.4, 0.5) is 0 Å². The third-order valence-corrected chi connectivity index (χ3v) is 2.91. The smallest absolute Gasteiger partial charge is 0.0477 e. The van der Waals surface area contributed by atoms with Gasteiger partial charge in [0, 0.05) is 38.1 Å². The van der Waals surface area contributed by atoms with Gasteiger partial charge in [-0.15, -0.1) is 0 Å². The number of hydrogen-bond donors (Lipinski definition) is 1. The summed E-state index contributed by atoms with van der Waals surface area (Å²) in [5, 5.41) is 3.47. The molecule has 0 fully saturated rings. The Morgan fingerprint density at radius 3 is 2.71 bits per heavy atom. The molecule has 1 atom stereocenters. The summed E-state index contributed by atoms with van der Waals surface area (Å²) >= 11 is 0. The molecular formula is C14H24N2O. The highest BCUT2D eigenvalue weighted by molar-refractivity contribution is 5.14. The van der Waals surface area contributed by atoms with Gasteiger partial charge in [0.15, 0.2) is 0 Å². The second-order valence-electron chi connectivity index (χ2n) is 4.25. The maximum atomic E-state index is 5.13. The molecule has 1 rings (SSSR count). The molecular weight excluding hydrogens is 212 g/mol. The van der Waals surface area contributed by atoms with Crippen LogP contribution in [0.1, 0.15) is 31.5 Å². The lowest BCUT2D eigenvalue weighted by Crippen LogP contribution is -2.32. The molecule has 1 aromatic rings. The number of methoxy groups -OCH3 is 1. The van der Waals surface area contributed by atoms with Crippen LogP contribution in [0.25, 0.3) is 0 Å². The first kappa shape index (κ1) is 14.1. The van der Waals surface area contributed by atoms with Gasteiger partial charge in [-0.2, -0.15) is 0 Å². The molecule has 0 saturated carbocycles. The first-order chi connectivity index (χ1) is 8.30. The lowest BCUT2D eigenvalue weighted by Gasteiger charge is -2.17. The van der Waals surface area contributed by atoms with E-state index in [1.807, 2.05) is 6.20 Å². The van der Waals surface area contributed by atoms with Crippen LogP contribution in [0.3, 0.4) is 0 Å². The lowest BCUT2D eigenvalue weighted by molar-refractivity contribution is 0.182. The summed E-state index contributed by atoms with van der Waals surface area (Å²) in [5.41, 5.74) is 2.45. The summed E-state index contributed by atoms with van der Waals surface area (Å²) in [6, 6.07) is 4.76. The molecule has 1 N–H and O–H groups in total. The Morgan fingerprint density at radius 2 is 2.18 bits per heavy atom. The van der Waals surface area contributed by atoms with E-state index in [4.69, 9.17) is 4.74 Å². The van der Waals surface area contributed by atoms with Crippen molar-refractivity contribution in [2.24, 2.45) is 0 Å². The highest BCUT2D eigenvalue weighted by atomic mass is 16.5. The monoisotopic (exact) mass is 236 g/mol. The number of nitrogens with one attached hydrogen (secondary N) is 1. The molecule has 0 aromatic carbocycles. The molecule has 0 saturated heterocycles. The molecule has 96 valence electrons. The third-order valence-electron chi connectivity index (χ3n) is 2.91. The van der Waals surface area contributed by atoms with Gasteiger partial charge in [-0.3, -0.25) is 4.98 Å². The minimum absolute atomic E-state index is 0.458. The Morgan fingerprint density at radius 1 is 1.35 bits per heavy atom. The summed E-state index contributed by atoms with van der Waals surface area (Å²) < 4.78 is 5.13. The first-order valence-corrected chi connectivity index (χ1v) is 6.46. The van der Waals surface area contributed by atoms with Gasteiger partial charge in [-0.25, -0.2) is 0 Å². The average molecular weight is 236 g/mol. The molecule has 0 aliphatic heterocycles. The predicted octanol–water partition coefficient (Wildman–Crippen LogP) is 2.20. The molecule has 0 radical (unpaired) electrons. The van der Waals surface area contributed by atoms with Gasteiger partial charge >= 0.3 is 0 Å². The quantitative estimate of drug-likeness (QED) is 0.751. The van der Waals surface area contributed by atoms with E-state index < -0.39 is 0 Å². The molecule has 1 heterocycles. The number of nitrogens with zero attached hydrogens (tertiary/aromatic N) is 1. The van der Waals surface area contributed by atoms with Crippen LogP contribution < -0.4 is 5.32 Å². The van der Waals surface area contributed by atoms with E-state index >= 15 is 0 Å². The van der Waals surface area contributed by atoms with Crippen molar-refractivity contribution in [1.82, 2.24) is 10.3 Å². The van der Waals surface area contributed by atoms with Crippen LogP contribution in [0.15, 0.2) is 18.3 Å². The van der Waals surface area contributed by atoms with Crippen LogP contribution in [-0.2, 0) is 17.6 Å². The summed E-state index contributed by atoms with van der Waals surface area (Å²) in [7, 11) is 1.75. The number of likely N-dealkylation sites (N-methyl/N-ethyl adjacent to an activating group) is 1. The minimum atomic E-state index is 0.458. The molecule has 0 amide bonds. The van der Waals surface area contributed by atoms with E-state index in [1.54, 1.807) is 7.11 Å². The van der Waals surface area contributed by atoms with Crippen molar-refractivity contribution in [2.75, 3.05) is 20.3 Å². The number of ether oxygens (including phenoxy) is 1. The van der Waals surface area contributed by atoms with Crippen LogP contribution in [0.5, 0.6) is 0 Å². The third kappa shape index (κ3) is 5.29. The van der Waals surface area contributed by atoms with Crippen molar-refractivity contribution in [3.8, 4) is 0 Å². The largest absolute Gasteiger partial charge is 0.385 e. The van der Waals surface area contributed by atoms with E-state index in [9.17, 15) is 0 Å². The fraction of sp³-hybridized carbons (Fsp3) is 0.643. The molecule has 0 aliphatic rings. The van der Waals surface area contributed by atoms with E-state index in [0.29, 0.717) is 6.04 Å². The van der Waals surface area contributed by atoms with Gasteiger partial charge in [0.1, 0.15) is 0 Å². The fourth-order valence-electron chi connectivity index (χ4n) is 1.86. The molecule has 0 aliphatic carbocycles. The van der Waals surface area contributed by atoms with E-state index in [1.165, 1.54) is 5.56 Å². The number of hydrogen-bond acceptors (Lipinski definition) is 3. The molecule has 0 bridgehead atoms. The Labute approximate surface area is 105 Å². The molecule has 1 aromatic heterocycles. The SMILES string of the molecule is CCNC(CCOC)Cc1ccc(CC)cn1. The molecule has 3 nitrogen and oxygen atoms in total. The standard InChI is InChI=1S/C14H24N2O/c1-4-12-6-7-13(16-11-12)10-14(15-5-2)8-9-17-3/h6-7,11,14-15H,4-5,8-10H2,1-3H3. The number of pyridine rings is 1. The number of aryl methyl sites for hydroxylation is 1. The maximum absolute atomic E-state index is 5.13. The fourth-order valence-corrected chi connectivity index (χ4v) is 1.86. The molecule has 0 spiro atoms. The average Bonchev–Trinajstić information content (AvgIpc) is 2.37. The Hall–Kier alpha value is -0.930. The van der Waals surface area contributed by atoms with Crippen molar-refractivity contribution < 1.29 is 4.74 Å². The normalized spacial score (nSPS) is 12.6. The van der Waals surface area contributed by atoms with E-state index in [-0.39, 0.29) is 0 Å². The number of rotatable bonds is 8. The lowest BCUT2D eigenvalue weighted by atomic mass is 10.1. The minimum Gasteiger partial charge on any atom is -0.385 e. The first-order valence-electron chi connectivity index (χ1n) is 6.46. The van der Waals surface area contributed by atoms with E-state index in [0.717, 1.165) is 38.1 Å². The van der Waals surface area contributed by atoms with Gasteiger partial charge in [0.05, 0.1) is 0 Å². The maximum Gasteiger partial charge on any atom is 0.0477 e. The highest BCUT2D eigenvalue weighted by Gasteiger charge is 2.08. The van der Waals surface area contributed by atoms with Crippen molar-refractivity contribution in [3.05, 3.63) is 29.6 Å². The van der Waals surface area contributed by atoms with Crippen molar-refractivity contribution in [2.45, 2.75) is 39.2 Å². The van der Waals surface area contributed by atoms with Crippen molar-refractivity contribution in [3.63, 3.8) is 0 Å². The van der Waals surface area contributed by atoms with Crippen LogP contribution in [0.2, 0.25) is 0 Å². The summed E-state index contributed by atoms with van der Waals surface area (Å²) in [6.45, 7) is 6.07. The molecule has 3 heteroatoms. The zero-order valence-corrected chi connectivity index (χ0v) is 11.2. The topological polar surface area (TPSA) is 34.1 Å². The Bertz CT molecular complexity index is 298. The zero-order valence-electron chi connectivity index (χ0n) is 11.2. The van der Waals surface area contributed by atoms with Crippen molar-refractivity contribution >= 4 is 0 Å². The second-order valence-corrected chi connectivity index (χ2v) is 4.25. The van der Waals surface area contributed by atoms with Gasteiger partial charge < -0.3 is 10.1 Å². The van der Waals surface area contributed by atoms with Gasteiger partial charge in [0.25, 0.3) is 0 Å². The summed E-state index contributed by atoms with van der Waals surface area (Å²) in [4.78, 5) is 4.50. The van der Waals surface area contributed by atoms with E-state index in [2.05, 4.69) is 36.3 Å². The summed E-state index contributed by atoms with van der Waals surface area (Å²) in [6.07, 6.45) is 5.03. The van der Waals surface area contributed by atoms with Crippen LogP contribution in [-0.4, -0.2) is 31.3 Å². The van der Waals surface area contributed by atoms with Crippen molar-refractivity contribution in [1.29, 1.82) is 0 Å². The molecule has 1 unspecified atom stereocenters. The zero-order chi connectivity index (χ0) is 12.5. The Kier molecular flexibility index (Phi) is 6.82. The highest BCUT2D eigenvalue weighted by Crippen LogP contribution is 2.06. The van der Waals surface area contributed by atoms with Gasteiger partial charge in [-0.1, -0.05) is 19.9 Å². The van der Waals surface area contributed by atoms with Crippen LogP contribution >= 0.6 is 0 Å². The predicted molar refractivity (Wildman–Crippen MR) is 71.3 cm³/mol. The number of aromatic nitrogens is 1. The van der Waals surface area contributed by atoms with Gasteiger partial charge in [0.2, 0.25) is 0 Å². The van der Waals surface area contributed by atoms with Crippen LogP contribution in [0, 0.1) is 0 Å². The Balaban J connectivity index is 2.51.